The van der Waals surface area contributed by atoms with Crippen molar-refractivity contribution in [2.24, 2.45) is 5.92 Å². The summed E-state index contributed by atoms with van der Waals surface area (Å²) in [5.74, 6) is 6.14. The molecule has 1 rings (SSSR count). The van der Waals surface area contributed by atoms with Crippen molar-refractivity contribution >= 4 is 0 Å². The predicted octanol–water partition coefficient (Wildman–Crippen LogP) is 3.01. The van der Waals surface area contributed by atoms with Gasteiger partial charge in [0.15, 0.2) is 0 Å². The van der Waals surface area contributed by atoms with E-state index in [4.69, 9.17) is 5.11 Å². The molecule has 0 aliphatic rings. The van der Waals surface area contributed by atoms with Gasteiger partial charge in [0.2, 0.25) is 0 Å². The minimum absolute atomic E-state index is 0.0553. The highest BCUT2D eigenvalue weighted by Gasteiger charge is 1.94. The Morgan fingerprint density at radius 1 is 1.25 bits per heavy atom. The van der Waals surface area contributed by atoms with Crippen molar-refractivity contribution in [2.75, 3.05) is 6.61 Å². The van der Waals surface area contributed by atoms with Crippen molar-refractivity contribution in [3.05, 3.63) is 35.4 Å². The SMILES string of the molecule is CCCCc1ccc(C#CC(C)CO)cc1. The molecule has 0 amide bonds. The first kappa shape index (κ1) is 12.8. The standard InChI is InChI=1S/C15H20O/c1-3-4-5-14-8-10-15(11-9-14)7-6-13(2)12-16/h8-11,13,16H,3-5,12H2,1-2H3. The molecule has 0 heterocycles. The van der Waals surface area contributed by atoms with E-state index in [1.807, 2.05) is 6.92 Å². The van der Waals surface area contributed by atoms with Crippen LogP contribution in [-0.2, 0) is 6.42 Å². The summed E-state index contributed by atoms with van der Waals surface area (Å²) in [7, 11) is 0. The fourth-order valence-electron chi connectivity index (χ4n) is 1.39. The molecular formula is C15H20O. The van der Waals surface area contributed by atoms with Gasteiger partial charge in [0.1, 0.15) is 0 Å². The molecular weight excluding hydrogens is 196 g/mol. The number of rotatable bonds is 4. The van der Waals surface area contributed by atoms with Gasteiger partial charge in [-0.15, -0.1) is 0 Å². The number of unbranched alkanes of at least 4 members (excludes halogenated alkanes) is 1. The summed E-state index contributed by atoms with van der Waals surface area (Å²) in [5, 5.41) is 8.85. The molecule has 0 bridgehead atoms. The molecule has 0 aromatic heterocycles. The van der Waals surface area contributed by atoms with Crippen molar-refractivity contribution < 1.29 is 5.11 Å². The highest BCUT2D eigenvalue weighted by atomic mass is 16.3. The van der Waals surface area contributed by atoms with E-state index in [2.05, 4.69) is 43.0 Å². The third-order valence-electron chi connectivity index (χ3n) is 2.51. The Balaban J connectivity index is 2.59. The second-order valence-electron chi connectivity index (χ2n) is 4.15. The smallest absolute Gasteiger partial charge is 0.0566 e. The topological polar surface area (TPSA) is 20.2 Å². The molecule has 1 atom stereocenters. The minimum atomic E-state index is 0.0553. The first-order valence-corrected chi connectivity index (χ1v) is 5.97. The van der Waals surface area contributed by atoms with Gasteiger partial charge >= 0.3 is 0 Å². The van der Waals surface area contributed by atoms with Crippen LogP contribution in [-0.4, -0.2) is 11.7 Å². The molecule has 1 aromatic rings. The zero-order chi connectivity index (χ0) is 11.8. The maximum Gasteiger partial charge on any atom is 0.0566 e. The van der Waals surface area contributed by atoms with Crippen LogP contribution in [0.3, 0.4) is 0 Å². The molecule has 0 saturated heterocycles. The van der Waals surface area contributed by atoms with Gasteiger partial charge in [-0.2, -0.15) is 0 Å². The van der Waals surface area contributed by atoms with E-state index in [1.54, 1.807) is 0 Å². The van der Waals surface area contributed by atoms with Crippen molar-refractivity contribution in [2.45, 2.75) is 33.1 Å². The molecule has 1 nitrogen and oxygen atoms in total. The molecule has 0 saturated carbocycles. The average Bonchev–Trinajstić information content (AvgIpc) is 2.34. The van der Waals surface area contributed by atoms with Crippen LogP contribution < -0.4 is 0 Å². The van der Waals surface area contributed by atoms with Gasteiger partial charge in [-0.3, -0.25) is 0 Å². The van der Waals surface area contributed by atoms with Crippen LogP contribution in [0, 0.1) is 17.8 Å². The lowest BCUT2D eigenvalue weighted by Gasteiger charge is -1.99. The minimum Gasteiger partial charge on any atom is -0.395 e. The van der Waals surface area contributed by atoms with Gasteiger partial charge in [-0.25, -0.2) is 0 Å². The van der Waals surface area contributed by atoms with E-state index in [9.17, 15) is 0 Å². The molecule has 0 fully saturated rings. The third-order valence-corrected chi connectivity index (χ3v) is 2.51. The summed E-state index contributed by atoms with van der Waals surface area (Å²) in [6.45, 7) is 4.25. The van der Waals surface area contributed by atoms with Gasteiger partial charge in [0, 0.05) is 11.5 Å². The molecule has 0 spiro atoms. The van der Waals surface area contributed by atoms with Gasteiger partial charge < -0.3 is 5.11 Å². The maximum atomic E-state index is 8.85. The number of hydrogen-bond acceptors (Lipinski definition) is 1. The largest absolute Gasteiger partial charge is 0.395 e. The van der Waals surface area contributed by atoms with Crippen molar-refractivity contribution in [1.82, 2.24) is 0 Å². The fourth-order valence-corrected chi connectivity index (χ4v) is 1.39. The Morgan fingerprint density at radius 2 is 1.94 bits per heavy atom. The summed E-state index contributed by atoms with van der Waals surface area (Å²) in [5.41, 5.74) is 2.41. The maximum absolute atomic E-state index is 8.85. The second kappa shape index (κ2) is 7.09. The van der Waals surface area contributed by atoms with E-state index in [1.165, 1.54) is 18.4 Å². The molecule has 0 aliphatic heterocycles. The summed E-state index contributed by atoms with van der Waals surface area (Å²) in [6, 6.07) is 8.40. The molecule has 0 radical (unpaired) electrons. The number of aryl methyl sites for hydroxylation is 1. The molecule has 1 unspecified atom stereocenters. The Morgan fingerprint density at radius 3 is 2.50 bits per heavy atom. The fraction of sp³-hybridized carbons (Fsp3) is 0.467. The monoisotopic (exact) mass is 216 g/mol. The van der Waals surface area contributed by atoms with E-state index >= 15 is 0 Å². The van der Waals surface area contributed by atoms with Gasteiger partial charge in [-0.1, -0.05) is 37.3 Å². The number of hydrogen-bond donors (Lipinski definition) is 1. The summed E-state index contributed by atoms with van der Waals surface area (Å²) < 4.78 is 0. The zero-order valence-electron chi connectivity index (χ0n) is 10.2. The first-order chi connectivity index (χ1) is 7.76. The van der Waals surface area contributed by atoms with Crippen molar-refractivity contribution in [3.63, 3.8) is 0 Å². The van der Waals surface area contributed by atoms with Crippen LogP contribution in [0.25, 0.3) is 0 Å². The van der Waals surface area contributed by atoms with Crippen LogP contribution in [0.5, 0.6) is 0 Å². The summed E-state index contributed by atoms with van der Waals surface area (Å²) in [6.07, 6.45) is 3.62. The van der Waals surface area contributed by atoms with Gasteiger partial charge in [0.25, 0.3) is 0 Å². The van der Waals surface area contributed by atoms with Crippen LogP contribution >= 0.6 is 0 Å². The molecule has 1 N–H and O–H groups in total. The third kappa shape index (κ3) is 4.51. The van der Waals surface area contributed by atoms with E-state index < -0.39 is 0 Å². The quantitative estimate of drug-likeness (QED) is 0.767. The highest BCUT2D eigenvalue weighted by molar-refractivity contribution is 5.36. The molecule has 16 heavy (non-hydrogen) atoms. The van der Waals surface area contributed by atoms with Crippen LogP contribution in [0.2, 0.25) is 0 Å². The number of aliphatic hydroxyl groups excluding tert-OH is 1. The lowest BCUT2D eigenvalue weighted by Crippen LogP contribution is -1.95. The first-order valence-electron chi connectivity index (χ1n) is 5.97. The zero-order valence-corrected chi connectivity index (χ0v) is 10.2. The predicted molar refractivity (Wildman–Crippen MR) is 68.2 cm³/mol. The molecule has 86 valence electrons. The Labute approximate surface area is 98.5 Å². The highest BCUT2D eigenvalue weighted by Crippen LogP contribution is 2.07. The van der Waals surface area contributed by atoms with Crippen LogP contribution in [0.1, 0.15) is 37.8 Å². The van der Waals surface area contributed by atoms with Crippen molar-refractivity contribution in [3.8, 4) is 11.8 Å². The summed E-state index contributed by atoms with van der Waals surface area (Å²) >= 11 is 0. The molecule has 1 aromatic carbocycles. The lowest BCUT2D eigenvalue weighted by atomic mass is 10.1. The Bertz CT molecular complexity index is 353. The second-order valence-corrected chi connectivity index (χ2v) is 4.15. The van der Waals surface area contributed by atoms with Crippen LogP contribution in [0.15, 0.2) is 24.3 Å². The Hall–Kier alpha value is -1.26. The van der Waals surface area contributed by atoms with Gasteiger partial charge in [0.05, 0.1) is 6.61 Å². The summed E-state index contributed by atoms with van der Waals surface area (Å²) in [4.78, 5) is 0. The number of aliphatic hydroxyl groups is 1. The number of benzene rings is 1. The average molecular weight is 216 g/mol. The van der Waals surface area contributed by atoms with Crippen LogP contribution in [0.4, 0.5) is 0 Å². The molecule has 1 heteroatoms. The Kier molecular flexibility index (Phi) is 5.67. The van der Waals surface area contributed by atoms with E-state index in [0.29, 0.717) is 0 Å². The van der Waals surface area contributed by atoms with E-state index in [-0.39, 0.29) is 12.5 Å². The normalized spacial score (nSPS) is 11.7. The van der Waals surface area contributed by atoms with Crippen molar-refractivity contribution in [1.29, 1.82) is 0 Å². The van der Waals surface area contributed by atoms with Gasteiger partial charge in [-0.05, 0) is 37.5 Å². The molecule has 0 aliphatic carbocycles. The lowest BCUT2D eigenvalue weighted by molar-refractivity contribution is 0.266. The van der Waals surface area contributed by atoms with E-state index in [0.717, 1.165) is 12.0 Å².